The molecule has 0 aliphatic rings. The largest absolute Gasteiger partial charge is 0.399 e. The van der Waals surface area contributed by atoms with Crippen LogP contribution in [-0.4, -0.2) is 0 Å². The molecule has 0 saturated carbocycles. The van der Waals surface area contributed by atoms with Crippen molar-refractivity contribution in [3.05, 3.63) is 149 Å². The minimum Gasteiger partial charge on any atom is -0.399 e. The van der Waals surface area contributed by atoms with Gasteiger partial charge in [0.05, 0.1) is 8.79 Å². The lowest BCUT2D eigenvalue weighted by atomic mass is 10.2. The molecule has 0 aliphatic carbocycles. The first-order valence-corrected chi connectivity index (χ1v) is 14.2. The zero-order chi connectivity index (χ0) is 25.7. The molecule has 37 heavy (non-hydrogen) atoms. The molecule has 5 heteroatoms. The van der Waals surface area contributed by atoms with E-state index in [1.165, 1.54) is 29.7 Å². The van der Waals surface area contributed by atoms with Crippen molar-refractivity contribution in [3.63, 3.8) is 0 Å². The second-order valence-electron chi connectivity index (χ2n) is 7.90. The maximum atomic E-state index is 5.36. The van der Waals surface area contributed by atoms with Gasteiger partial charge in [-0.25, -0.2) is 0 Å². The van der Waals surface area contributed by atoms with Gasteiger partial charge in [0.15, 0.2) is 0 Å². The van der Waals surface area contributed by atoms with Gasteiger partial charge in [-0.15, -0.1) is 22.7 Å². The molecule has 0 bridgehead atoms. The van der Waals surface area contributed by atoms with Crippen LogP contribution in [0.15, 0.2) is 149 Å². The van der Waals surface area contributed by atoms with Crippen molar-refractivity contribution in [2.24, 2.45) is 0 Å². The summed E-state index contributed by atoms with van der Waals surface area (Å²) in [6.07, 6.45) is 0. The third kappa shape index (κ3) is 8.76. The van der Waals surface area contributed by atoms with Crippen LogP contribution in [0.5, 0.6) is 0 Å². The highest BCUT2D eigenvalue weighted by Crippen LogP contribution is 2.33. The molecule has 0 radical (unpaired) electrons. The van der Waals surface area contributed by atoms with Crippen LogP contribution in [0.1, 0.15) is 0 Å². The van der Waals surface area contributed by atoms with Gasteiger partial charge < -0.3 is 11.1 Å². The molecule has 0 spiro atoms. The standard InChI is InChI=1S/C16H13NS.C10H7BrS.C6H7N/c1-3-7-13(8-4-1)15-11-12-16(18-15)17-14-9-5-2-6-10-14;11-10-7-6-9(12-10)8-4-2-1-3-5-8;7-6-4-2-1-3-5-6/h1-12,17H;1-7H;1-5H,7H2. The van der Waals surface area contributed by atoms with Crippen LogP contribution in [-0.2, 0) is 0 Å². The Morgan fingerprint density at radius 3 is 1.41 bits per heavy atom. The van der Waals surface area contributed by atoms with Crippen LogP contribution in [0.4, 0.5) is 16.4 Å². The first-order valence-electron chi connectivity index (χ1n) is 11.8. The highest BCUT2D eigenvalue weighted by molar-refractivity contribution is 9.11. The maximum absolute atomic E-state index is 5.36. The molecule has 2 heterocycles. The lowest BCUT2D eigenvalue weighted by Crippen LogP contribution is -1.84. The van der Waals surface area contributed by atoms with Crippen molar-refractivity contribution in [3.8, 4) is 20.9 Å². The van der Waals surface area contributed by atoms with E-state index in [9.17, 15) is 0 Å². The fourth-order valence-corrected chi connectivity index (χ4v) is 5.67. The lowest BCUT2D eigenvalue weighted by molar-refractivity contribution is 1.61. The molecule has 184 valence electrons. The molecule has 0 saturated heterocycles. The number of nitrogen functional groups attached to an aromatic ring is 1. The average molecular weight is 584 g/mol. The van der Waals surface area contributed by atoms with Crippen LogP contribution < -0.4 is 11.1 Å². The van der Waals surface area contributed by atoms with Gasteiger partial charge in [-0.2, -0.15) is 0 Å². The fraction of sp³-hybridized carbons (Fsp3) is 0. The Balaban J connectivity index is 0.000000144. The van der Waals surface area contributed by atoms with Crippen molar-refractivity contribution in [2.75, 3.05) is 11.1 Å². The summed E-state index contributed by atoms with van der Waals surface area (Å²) in [4.78, 5) is 2.59. The number of para-hydroxylation sites is 2. The summed E-state index contributed by atoms with van der Waals surface area (Å²) in [5.74, 6) is 0. The first kappa shape index (κ1) is 26.4. The first-order chi connectivity index (χ1) is 18.2. The van der Waals surface area contributed by atoms with Gasteiger partial charge in [0.25, 0.3) is 0 Å². The van der Waals surface area contributed by atoms with E-state index >= 15 is 0 Å². The number of nitrogens with one attached hydrogen (secondary N) is 1. The Labute approximate surface area is 235 Å². The number of anilines is 3. The molecule has 0 atom stereocenters. The average Bonchev–Trinajstić information content (AvgIpc) is 3.61. The number of benzene rings is 4. The quantitative estimate of drug-likeness (QED) is 0.203. The summed E-state index contributed by atoms with van der Waals surface area (Å²) in [5, 5.41) is 4.58. The van der Waals surface area contributed by atoms with E-state index in [4.69, 9.17) is 5.73 Å². The van der Waals surface area contributed by atoms with Gasteiger partial charge in [-0.05, 0) is 75.6 Å². The number of halogens is 1. The summed E-state index contributed by atoms with van der Waals surface area (Å²) >= 11 is 6.98. The van der Waals surface area contributed by atoms with Crippen LogP contribution in [0.2, 0.25) is 0 Å². The highest BCUT2D eigenvalue weighted by atomic mass is 79.9. The van der Waals surface area contributed by atoms with Crippen molar-refractivity contribution in [1.82, 2.24) is 0 Å². The number of nitrogens with two attached hydrogens (primary N) is 1. The van der Waals surface area contributed by atoms with Crippen LogP contribution in [0, 0.1) is 0 Å². The third-order valence-corrected chi connectivity index (χ3v) is 7.86. The Hall–Kier alpha value is -3.64. The fourth-order valence-electron chi connectivity index (χ4n) is 3.35. The molecule has 2 nitrogen and oxygen atoms in total. The van der Waals surface area contributed by atoms with Gasteiger partial charge in [0.1, 0.15) is 0 Å². The molecule has 6 rings (SSSR count). The van der Waals surface area contributed by atoms with E-state index in [1.807, 2.05) is 60.7 Å². The second kappa shape index (κ2) is 14.2. The van der Waals surface area contributed by atoms with Gasteiger partial charge in [-0.3, -0.25) is 0 Å². The molecule has 0 amide bonds. The smallest absolute Gasteiger partial charge is 0.0933 e. The summed E-state index contributed by atoms with van der Waals surface area (Å²) < 4.78 is 1.18. The van der Waals surface area contributed by atoms with Gasteiger partial charge in [0, 0.05) is 21.1 Å². The molecule has 0 aliphatic heterocycles. The van der Waals surface area contributed by atoms with Gasteiger partial charge >= 0.3 is 0 Å². The molecule has 4 aromatic carbocycles. The number of hydrogen-bond donors (Lipinski definition) is 2. The normalized spacial score (nSPS) is 9.86. The predicted octanol–water partition coefficient (Wildman–Crippen LogP) is 10.6. The lowest BCUT2D eigenvalue weighted by Gasteiger charge is -2.02. The zero-order valence-electron chi connectivity index (χ0n) is 20.1. The summed E-state index contributed by atoms with van der Waals surface area (Å²) in [6, 6.07) is 49.1. The highest BCUT2D eigenvalue weighted by Gasteiger charge is 2.02. The summed E-state index contributed by atoms with van der Waals surface area (Å²) in [5.41, 5.74) is 9.86. The molecular weight excluding hydrogens is 556 g/mol. The SMILES string of the molecule is Brc1ccc(-c2ccccc2)s1.Nc1ccccc1.c1ccc(Nc2ccc(-c3ccccc3)s2)cc1. The van der Waals surface area contributed by atoms with E-state index in [0.717, 1.165) is 11.4 Å². The minimum atomic E-state index is 0.822. The summed E-state index contributed by atoms with van der Waals surface area (Å²) in [7, 11) is 0. The van der Waals surface area contributed by atoms with Crippen molar-refractivity contribution in [2.45, 2.75) is 0 Å². The summed E-state index contributed by atoms with van der Waals surface area (Å²) in [6.45, 7) is 0. The Kier molecular flexibility index (Phi) is 10.1. The minimum absolute atomic E-state index is 0.822. The van der Waals surface area contributed by atoms with E-state index in [0.29, 0.717) is 0 Å². The number of thiophene rings is 2. The van der Waals surface area contributed by atoms with Crippen molar-refractivity contribution < 1.29 is 0 Å². The second-order valence-corrected chi connectivity index (χ2v) is 11.4. The zero-order valence-corrected chi connectivity index (χ0v) is 23.3. The molecular formula is C32H27BrN2S2. The van der Waals surface area contributed by atoms with Crippen LogP contribution >= 0.6 is 38.6 Å². The van der Waals surface area contributed by atoms with Crippen LogP contribution in [0.25, 0.3) is 20.9 Å². The maximum Gasteiger partial charge on any atom is 0.0933 e. The number of hydrogen-bond acceptors (Lipinski definition) is 4. The van der Waals surface area contributed by atoms with Crippen molar-refractivity contribution >= 4 is 55.0 Å². The molecule has 3 N–H and O–H groups in total. The van der Waals surface area contributed by atoms with E-state index in [1.54, 1.807) is 22.7 Å². The van der Waals surface area contributed by atoms with E-state index in [-0.39, 0.29) is 0 Å². The Morgan fingerprint density at radius 1 is 0.486 bits per heavy atom. The van der Waals surface area contributed by atoms with Gasteiger partial charge in [-0.1, -0.05) is 97.1 Å². The molecule has 6 aromatic rings. The third-order valence-electron chi connectivity index (χ3n) is 5.14. The number of rotatable bonds is 4. The van der Waals surface area contributed by atoms with Gasteiger partial charge in [0.2, 0.25) is 0 Å². The Bertz CT molecular complexity index is 1450. The monoisotopic (exact) mass is 582 g/mol. The topological polar surface area (TPSA) is 38.0 Å². The van der Waals surface area contributed by atoms with Crippen molar-refractivity contribution in [1.29, 1.82) is 0 Å². The Morgan fingerprint density at radius 2 is 0.946 bits per heavy atom. The molecule has 0 fully saturated rings. The van der Waals surface area contributed by atoms with E-state index < -0.39 is 0 Å². The predicted molar refractivity (Wildman–Crippen MR) is 168 cm³/mol. The molecule has 0 unspecified atom stereocenters. The van der Waals surface area contributed by atoms with Crippen LogP contribution in [0.3, 0.4) is 0 Å². The van der Waals surface area contributed by atoms with E-state index in [2.05, 4.69) is 106 Å². The molecule has 2 aromatic heterocycles.